The van der Waals surface area contributed by atoms with E-state index in [-0.39, 0.29) is 30.9 Å². The molecule has 11 heteroatoms. The van der Waals surface area contributed by atoms with E-state index in [4.69, 9.17) is 9.47 Å². The number of likely N-dealkylation sites (N-methyl/N-ethyl adjacent to an activating group) is 1. The maximum Gasteiger partial charge on any atom is 0.313 e. The molecule has 5 bridgehead atoms. The number of likely N-dealkylation sites (tertiary alicyclic amines) is 1. The summed E-state index contributed by atoms with van der Waals surface area (Å²) in [4.78, 5) is 63.5. The molecule has 3 amide bonds. The minimum Gasteiger partial charge on any atom is -0.455 e. The lowest BCUT2D eigenvalue weighted by Crippen LogP contribution is -2.60. The predicted octanol–water partition coefficient (Wildman–Crippen LogP) is 5.11. The Morgan fingerprint density at radius 2 is 1.62 bits per heavy atom. The number of cyclic esters (lactones) is 1. The van der Waals surface area contributed by atoms with Crippen LogP contribution in [0.4, 0.5) is 0 Å². The molecule has 2 saturated heterocycles. The third kappa shape index (κ3) is 6.53. The van der Waals surface area contributed by atoms with Crippen LogP contribution < -0.4 is 0 Å². The first-order chi connectivity index (χ1) is 25.2. The Bertz CT molecular complexity index is 1710. The highest BCUT2D eigenvalue weighted by molar-refractivity contribution is 9.11. The summed E-state index contributed by atoms with van der Waals surface area (Å²) >= 11 is 3.67. The SMILES string of the molecule is C[C@@H]1[C@@H](c2ccccc2)OC(=O)[C@@H]2[C@H]3O[C@@]4(C=C3Br)[C@H](C(=O)N(C3CCCCC3)C/C=C\CCC(=O)N1C)N([C@@H](CO)Cc1ccccc1)C(=O)[C@@H]24. The van der Waals surface area contributed by atoms with Crippen molar-refractivity contribution >= 4 is 39.6 Å². The van der Waals surface area contributed by atoms with Crippen LogP contribution in [0.1, 0.15) is 69.1 Å². The zero-order valence-corrected chi connectivity index (χ0v) is 31.4. The molecule has 0 radical (unpaired) electrons. The van der Waals surface area contributed by atoms with E-state index in [1.807, 2.05) is 90.7 Å². The van der Waals surface area contributed by atoms with E-state index >= 15 is 9.59 Å². The number of carbonyl (C=O) groups is 4. The van der Waals surface area contributed by atoms with Crippen LogP contribution in [0.2, 0.25) is 0 Å². The number of hydrogen-bond acceptors (Lipinski definition) is 7. The summed E-state index contributed by atoms with van der Waals surface area (Å²) in [7, 11) is 1.72. The van der Waals surface area contributed by atoms with Crippen molar-refractivity contribution in [2.75, 3.05) is 20.2 Å². The van der Waals surface area contributed by atoms with Gasteiger partial charge in [0.2, 0.25) is 17.7 Å². The molecule has 0 aromatic heterocycles. The summed E-state index contributed by atoms with van der Waals surface area (Å²) in [6.45, 7) is 1.78. The van der Waals surface area contributed by atoms with Gasteiger partial charge in [0.05, 0.1) is 24.6 Å². The Morgan fingerprint density at radius 3 is 2.31 bits per heavy atom. The van der Waals surface area contributed by atoms with Crippen molar-refractivity contribution in [2.24, 2.45) is 11.8 Å². The average molecular weight is 775 g/mol. The second kappa shape index (κ2) is 15.3. The van der Waals surface area contributed by atoms with Crippen LogP contribution in [0.5, 0.6) is 0 Å². The number of hydrogen-bond donors (Lipinski definition) is 1. The van der Waals surface area contributed by atoms with Crippen molar-refractivity contribution in [3.63, 3.8) is 0 Å². The van der Waals surface area contributed by atoms with Crippen LogP contribution >= 0.6 is 15.9 Å². The summed E-state index contributed by atoms with van der Waals surface area (Å²) in [5, 5.41) is 10.9. The third-order valence-electron chi connectivity index (χ3n) is 11.9. The van der Waals surface area contributed by atoms with Crippen molar-refractivity contribution in [3.8, 4) is 0 Å². The van der Waals surface area contributed by atoms with Gasteiger partial charge in [-0.1, -0.05) is 108 Å². The van der Waals surface area contributed by atoms with Gasteiger partial charge in [-0.05, 0) is 49.8 Å². The van der Waals surface area contributed by atoms with Crippen LogP contribution in [0, 0.1) is 11.8 Å². The quantitative estimate of drug-likeness (QED) is 0.321. The number of esters is 1. The zero-order chi connectivity index (χ0) is 36.6. The number of allylic oxidation sites excluding steroid dienone is 1. The molecule has 1 saturated carbocycles. The van der Waals surface area contributed by atoms with E-state index in [9.17, 15) is 14.7 Å². The van der Waals surface area contributed by atoms with Crippen molar-refractivity contribution in [1.29, 1.82) is 0 Å². The number of rotatable bonds is 6. The first-order valence-corrected chi connectivity index (χ1v) is 19.4. The van der Waals surface area contributed by atoms with Gasteiger partial charge in [0, 0.05) is 30.5 Å². The summed E-state index contributed by atoms with van der Waals surface area (Å²) in [5.74, 6) is -3.53. The molecule has 1 spiro atoms. The molecular weight excluding hydrogens is 726 g/mol. The van der Waals surface area contributed by atoms with Crippen molar-refractivity contribution in [1.82, 2.24) is 14.7 Å². The Hall–Kier alpha value is -3.80. The molecule has 7 rings (SSSR count). The Labute approximate surface area is 313 Å². The first kappa shape index (κ1) is 36.6. The van der Waals surface area contributed by atoms with Crippen LogP contribution in [-0.2, 0) is 35.1 Å². The number of carbonyl (C=O) groups excluding carboxylic acids is 4. The molecule has 3 fully saturated rings. The number of fused-ring (bicyclic) bond motifs is 2. The number of amides is 3. The van der Waals surface area contributed by atoms with Gasteiger partial charge in [-0.25, -0.2) is 0 Å². The van der Waals surface area contributed by atoms with Crippen molar-refractivity contribution in [3.05, 3.63) is 94.5 Å². The molecule has 10 nitrogen and oxygen atoms in total. The van der Waals surface area contributed by atoms with E-state index in [2.05, 4.69) is 15.9 Å². The van der Waals surface area contributed by atoms with E-state index in [0.29, 0.717) is 29.4 Å². The molecule has 4 aliphatic heterocycles. The Balaban J connectivity index is 1.35. The van der Waals surface area contributed by atoms with Crippen LogP contribution in [0.3, 0.4) is 0 Å². The van der Waals surface area contributed by atoms with Crippen LogP contribution in [0.15, 0.2) is 83.4 Å². The average Bonchev–Trinajstić information content (AvgIpc) is 3.77. The lowest BCUT2D eigenvalue weighted by atomic mass is 9.74. The summed E-state index contributed by atoms with van der Waals surface area (Å²) < 4.78 is 13.8. The second-order valence-corrected chi connectivity index (χ2v) is 15.8. The Morgan fingerprint density at radius 1 is 0.923 bits per heavy atom. The summed E-state index contributed by atoms with van der Waals surface area (Å²) in [6, 6.07) is 16.5. The fourth-order valence-electron chi connectivity index (χ4n) is 9.12. The molecule has 2 aromatic carbocycles. The maximum absolute atomic E-state index is 15.3. The number of aliphatic hydroxyl groups is 1. The highest BCUT2D eigenvalue weighted by atomic mass is 79.9. The largest absolute Gasteiger partial charge is 0.455 e. The molecule has 8 atom stereocenters. The lowest BCUT2D eigenvalue weighted by molar-refractivity contribution is -0.164. The third-order valence-corrected chi connectivity index (χ3v) is 12.6. The first-order valence-electron chi connectivity index (χ1n) is 18.7. The van der Waals surface area contributed by atoms with Gasteiger partial charge in [-0.3, -0.25) is 19.2 Å². The fourth-order valence-corrected chi connectivity index (χ4v) is 9.85. The summed E-state index contributed by atoms with van der Waals surface area (Å²) in [6.07, 6.45) is 9.85. The standard InChI is InChI=1S/C41H48BrN3O7/c1-26-35(28-17-9-4-10-18-28)51-40(50)33-34-38(48)45(30(25-46)23-27-15-7-3-8-16-27)37(41(34)24-31(42)36(33)52-41)39(49)44(29-19-11-5-12-20-29)22-14-6-13-21-32(47)43(26)2/h3-4,6-10,14-18,24,26,29-30,33-37,46H,5,11-13,19-23,25H2,1-2H3/b14-6-/t26-,30-,33+,34-,35+,36+,37+,41-/m1/s1. The molecule has 2 aromatic rings. The number of benzene rings is 2. The molecule has 4 heterocycles. The second-order valence-electron chi connectivity index (χ2n) is 14.9. The molecule has 0 unspecified atom stereocenters. The number of halogens is 1. The van der Waals surface area contributed by atoms with Crippen LogP contribution in [-0.4, -0.2) is 99.6 Å². The number of aliphatic hydroxyl groups excluding tert-OH is 1. The van der Waals surface area contributed by atoms with E-state index < -0.39 is 59.6 Å². The van der Waals surface area contributed by atoms with Gasteiger partial charge >= 0.3 is 5.97 Å². The molecule has 276 valence electrons. The normalized spacial score (nSPS) is 32.8. The number of ether oxygens (including phenoxy) is 2. The minimum absolute atomic E-state index is 0.0471. The van der Waals surface area contributed by atoms with Gasteiger partial charge in [0.25, 0.3) is 0 Å². The molecule has 1 aliphatic carbocycles. The smallest absolute Gasteiger partial charge is 0.313 e. The minimum atomic E-state index is -1.46. The Kier molecular flexibility index (Phi) is 10.7. The van der Waals surface area contributed by atoms with Crippen LogP contribution in [0.25, 0.3) is 0 Å². The maximum atomic E-state index is 15.3. The van der Waals surface area contributed by atoms with Gasteiger partial charge in [0.15, 0.2) is 0 Å². The van der Waals surface area contributed by atoms with Gasteiger partial charge < -0.3 is 29.3 Å². The van der Waals surface area contributed by atoms with E-state index in [1.54, 1.807) is 11.9 Å². The van der Waals surface area contributed by atoms with E-state index in [1.165, 1.54) is 4.90 Å². The van der Waals surface area contributed by atoms with Gasteiger partial charge in [-0.15, -0.1) is 0 Å². The molecule has 52 heavy (non-hydrogen) atoms. The monoisotopic (exact) mass is 773 g/mol. The topological polar surface area (TPSA) is 117 Å². The van der Waals surface area contributed by atoms with Gasteiger partial charge in [-0.2, -0.15) is 0 Å². The number of nitrogens with zero attached hydrogens (tertiary/aromatic N) is 3. The predicted molar refractivity (Wildman–Crippen MR) is 198 cm³/mol. The highest BCUT2D eigenvalue weighted by Gasteiger charge is 2.75. The van der Waals surface area contributed by atoms with E-state index in [0.717, 1.165) is 37.7 Å². The highest BCUT2D eigenvalue weighted by Crippen LogP contribution is 2.59. The molecule has 1 N–H and O–H groups in total. The van der Waals surface area contributed by atoms with Gasteiger partial charge in [0.1, 0.15) is 29.8 Å². The molecular formula is C41H48BrN3O7. The fraction of sp³-hybridized carbons (Fsp3) is 0.512. The lowest BCUT2D eigenvalue weighted by Gasteiger charge is -2.42. The zero-order valence-electron chi connectivity index (χ0n) is 29.8. The molecule has 5 aliphatic rings. The van der Waals surface area contributed by atoms with Crippen molar-refractivity contribution in [2.45, 2.75) is 100 Å². The van der Waals surface area contributed by atoms with Crippen molar-refractivity contribution < 1.29 is 33.8 Å². The summed E-state index contributed by atoms with van der Waals surface area (Å²) in [5.41, 5.74) is 0.164.